The number of allylic oxidation sites excluding steroid dienone is 1. The highest BCUT2D eigenvalue weighted by atomic mass is 16.5. The third kappa shape index (κ3) is 0.666. The summed E-state index contributed by atoms with van der Waals surface area (Å²) in [6.07, 6.45) is 6.21. The van der Waals surface area contributed by atoms with Crippen LogP contribution in [0.4, 0.5) is 0 Å². The predicted molar refractivity (Wildman–Crippen MR) is 46.2 cm³/mol. The molecule has 0 atom stereocenters. The van der Waals surface area contributed by atoms with E-state index in [9.17, 15) is 0 Å². The van der Waals surface area contributed by atoms with Gasteiger partial charge in [-0.15, -0.1) is 0 Å². The number of hydrogen-bond donors (Lipinski definition) is 0. The summed E-state index contributed by atoms with van der Waals surface area (Å²) in [5.74, 6) is 0.911. The second-order valence-electron chi connectivity index (χ2n) is 2.91. The maximum Gasteiger partial charge on any atom is 0.180 e. The Morgan fingerprint density at radius 2 is 2.33 bits per heavy atom. The van der Waals surface area contributed by atoms with Gasteiger partial charge in [-0.05, 0) is 22.9 Å². The van der Waals surface area contributed by atoms with Crippen molar-refractivity contribution in [2.24, 2.45) is 4.99 Å². The van der Waals surface area contributed by atoms with Crippen LogP contribution in [-0.2, 0) is 0 Å². The van der Waals surface area contributed by atoms with Gasteiger partial charge in [-0.3, -0.25) is 0 Å². The Bertz CT molecular complexity index is 485. The number of hydrogen-bond acceptors (Lipinski definition) is 2. The molecule has 0 saturated heterocycles. The average Bonchev–Trinajstić information content (AvgIpc) is 2.64. The molecular formula is C10H7NO. The molecular weight excluding hydrogens is 150 g/mol. The number of fused-ring (bicyclic) bond motifs is 2. The molecule has 0 N–H and O–H groups in total. The first kappa shape index (κ1) is 6.00. The van der Waals surface area contributed by atoms with Crippen LogP contribution in [0.15, 0.2) is 23.2 Å². The summed E-state index contributed by atoms with van der Waals surface area (Å²) in [7, 11) is 0. The highest BCUT2D eigenvalue weighted by molar-refractivity contribution is 5.67. The SMILES string of the molecule is C1=Cc2cc3c(cc2=C1)OCN=3. The predicted octanol–water partition coefficient (Wildman–Crippen LogP) is 0.463. The lowest BCUT2D eigenvalue weighted by atomic mass is 10.2. The lowest BCUT2D eigenvalue weighted by Gasteiger charge is -1.95. The van der Waals surface area contributed by atoms with Crippen LogP contribution in [0.2, 0.25) is 0 Å². The van der Waals surface area contributed by atoms with Crippen LogP contribution < -0.4 is 15.3 Å². The summed E-state index contributed by atoms with van der Waals surface area (Å²) < 4.78 is 5.31. The summed E-state index contributed by atoms with van der Waals surface area (Å²) in [4.78, 5) is 4.21. The van der Waals surface area contributed by atoms with E-state index in [0.29, 0.717) is 6.73 Å². The minimum atomic E-state index is 0.474. The van der Waals surface area contributed by atoms with Crippen LogP contribution in [0.1, 0.15) is 5.56 Å². The quantitative estimate of drug-likeness (QED) is 0.536. The van der Waals surface area contributed by atoms with Gasteiger partial charge in [0.2, 0.25) is 0 Å². The number of nitrogens with zero attached hydrogens (tertiary/aromatic N) is 1. The van der Waals surface area contributed by atoms with Gasteiger partial charge in [-0.2, -0.15) is 0 Å². The molecule has 0 bridgehead atoms. The van der Waals surface area contributed by atoms with Gasteiger partial charge in [0.1, 0.15) is 11.1 Å². The molecule has 0 unspecified atom stereocenters. The van der Waals surface area contributed by atoms with E-state index in [0.717, 1.165) is 11.1 Å². The molecule has 1 aromatic rings. The van der Waals surface area contributed by atoms with E-state index in [1.807, 2.05) is 12.1 Å². The molecule has 0 saturated carbocycles. The molecule has 0 amide bonds. The summed E-state index contributed by atoms with van der Waals surface area (Å²) in [6, 6.07) is 4.11. The first-order valence-corrected chi connectivity index (χ1v) is 3.93. The van der Waals surface area contributed by atoms with E-state index < -0.39 is 0 Å². The molecule has 3 rings (SSSR count). The van der Waals surface area contributed by atoms with Gasteiger partial charge in [0.15, 0.2) is 6.73 Å². The molecule has 1 heterocycles. The molecule has 0 radical (unpaired) electrons. The Kier molecular flexibility index (Phi) is 0.987. The maximum absolute atomic E-state index is 5.31. The zero-order valence-corrected chi connectivity index (χ0v) is 6.45. The van der Waals surface area contributed by atoms with Crippen LogP contribution in [0.5, 0.6) is 5.75 Å². The number of rotatable bonds is 0. The number of benzene rings is 1. The monoisotopic (exact) mass is 157 g/mol. The molecule has 12 heavy (non-hydrogen) atoms. The Labute approximate surface area is 69.5 Å². The zero-order chi connectivity index (χ0) is 7.97. The highest BCUT2D eigenvalue weighted by Gasteiger charge is 2.07. The molecule has 1 aromatic carbocycles. The molecule has 2 heteroatoms. The third-order valence-corrected chi connectivity index (χ3v) is 2.17. The van der Waals surface area contributed by atoms with E-state index in [2.05, 4.69) is 23.2 Å². The van der Waals surface area contributed by atoms with Crippen LogP contribution in [0.3, 0.4) is 0 Å². The maximum atomic E-state index is 5.31. The largest absolute Gasteiger partial charge is 0.469 e. The summed E-state index contributed by atoms with van der Waals surface area (Å²) in [5, 5.41) is 2.21. The van der Waals surface area contributed by atoms with Gasteiger partial charge in [-0.1, -0.05) is 18.2 Å². The molecule has 2 aliphatic rings. The minimum Gasteiger partial charge on any atom is -0.469 e. The van der Waals surface area contributed by atoms with Gasteiger partial charge in [0, 0.05) is 0 Å². The second-order valence-corrected chi connectivity index (χ2v) is 2.91. The minimum absolute atomic E-state index is 0.474. The zero-order valence-electron chi connectivity index (χ0n) is 6.45. The number of ether oxygens (including phenoxy) is 1. The van der Waals surface area contributed by atoms with Crippen molar-refractivity contribution in [3.63, 3.8) is 0 Å². The molecule has 0 spiro atoms. The van der Waals surface area contributed by atoms with Gasteiger partial charge in [0.05, 0.1) is 0 Å². The van der Waals surface area contributed by atoms with Gasteiger partial charge >= 0.3 is 0 Å². The van der Waals surface area contributed by atoms with Crippen LogP contribution in [0.25, 0.3) is 12.2 Å². The van der Waals surface area contributed by atoms with Crippen molar-refractivity contribution < 1.29 is 4.74 Å². The standard InChI is InChI=1S/C10H7NO/c1-2-7-4-9-10(12-6-11-9)5-8(7)3-1/h1-5H,6H2. The average molecular weight is 157 g/mol. The summed E-state index contributed by atoms with van der Waals surface area (Å²) >= 11 is 0. The van der Waals surface area contributed by atoms with Gasteiger partial charge in [-0.25, -0.2) is 4.99 Å². The van der Waals surface area contributed by atoms with Crippen molar-refractivity contribution in [3.8, 4) is 5.75 Å². The van der Waals surface area contributed by atoms with Crippen LogP contribution in [-0.4, -0.2) is 6.73 Å². The lowest BCUT2D eigenvalue weighted by molar-refractivity contribution is 0.352. The van der Waals surface area contributed by atoms with Gasteiger partial charge in [0.25, 0.3) is 0 Å². The van der Waals surface area contributed by atoms with Crippen molar-refractivity contribution in [2.45, 2.75) is 0 Å². The van der Waals surface area contributed by atoms with Crippen molar-refractivity contribution in [3.05, 3.63) is 34.3 Å². The molecule has 58 valence electrons. The Morgan fingerprint density at radius 3 is 3.33 bits per heavy atom. The van der Waals surface area contributed by atoms with Crippen molar-refractivity contribution in [1.29, 1.82) is 0 Å². The van der Waals surface area contributed by atoms with Crippen molar-refractivity contribution >= 4 is 12.2 Å². The van der Waals surface area contributed by atoms with E-state index in [1.54, 1.807) is 0 Å². The molecule has 2 nitrogen and oxygen atoms in total. The fourth-order valence-electron chi connectivity index (χ4n) is 1.55. The normalized spacial score (nSPS) is 16.0. The Balaban J connectivity index is 2.45. The molecule has 0 aromatic heterocycles. The molecule has 1 aliphatic carbocycles. The van der Waals surface area contributed by atoms with E-state index in [-0.39, 0.29) is 0 Å². The Morgan fingerprint density at radius 1 is 1.33 bits per heavy atom. The Hall–Kier alpha value is -1.57. The van der Waals surface area contributed by atoms with Crippen molar-refractivity contribution in [1.82, 2.24) is 0 Å². The van der Waals surface area contributed by atoms with E-state index >= 15 is 0 Å². The molecule has 1 aliphatic heterocycles. The van der Waals surface area contributed by atoms with Gasteiger partial charge < -0.3 is 4.74 Å². The fraction of sp³-hybridized carbons (Fsp3) is 0.100. The van der Waals surface area contributed by atoms with Crippen LogP contribution in [0, 0.1) is 0 Å². The molecule has 0 fully saturated rings. The topological polar surface area (TPSA) is 21.6 Å². The third-order valence-electron chi connectivity index (χ3n) is 2.17. The second kappa shape index (κ2) is 1.97. The summed E-state index contributed by atoms with van der Waals surface area (Å²) in [6.45, 7) is 0.474. The fourth-order valence-corrected chi connectivity index (χ4v) is 1.55. The van der Waals surface area contributed by atoms with E-state index in [1.165, 1.54) is 10.8 Å². The highest BCUT2D eigenvalue weighted by Crippen LogP contribution is 2.09. The first-order valence-electron chi connectivity index (χ1n) is 3.93. The summed E-state index contributed by atoms with van der Waals surface area (Å²) in [5.41, 5.74) is 1.24. The van der Waals surface area contributed by atoms with Crippen molar-refractivity contribution in [2.75, 3.05) is 6.73 Å². The van der Waals surface area contributed by atoms with E-state index in [4.69, 9.17) is 4.74 Å². The first-order chi connectivity index (χ1) is 5.93. The lowest BCUT2D eigenvalue weighted by Crippen LogP contribution is -2.10. The van der Waals surface area contributed by atoms with Crippen LogP contribution >= 0.6 is 0 Å². The smallest absolute Gasteiger partial charge is 0.180 e.